The predicted octanol–water partition coefficient (Wildman–Crippen LogP) is 1.46. The highest BCUT2D eigenvalue weighted by Gasteiger charge is 2.03. The minimum atomic E-state index is 0. The number of aromatic nitrogens is 3. The van der Waals surface area contributed by atoms with Crippen molar-refractivity contribution in [3.63, 3.8) is 0 Å². The normalized spacial score (nSPS) is 10.2. The summed E-state index contributed by atoms with van der Waals surface area (Å²) < 4.78 is 2.00. The van der Waals surface area contributed by atoms with Crippen molar-refractivity contribution in [1.29, 1.82) is 0 Å². The molecule has 0 saturated heterocycles. The number of thioether (sulfide) groups is 1. The Morgan fingerprint density at radius 3 is 3.07 bits per heavy atom. The third-order valence-corrected chi connectivity index (χ3v) is 2.81. The molecule has 0 atom stereocenters. The van der Waals surface area contributed by atoms with Gasteiger partial charge < -0.3 is 5.32 Å². The fourth-order valence-electron chi connectivity index (χ4n) is 1.16. The lowest BCUT2D eigenvalue weighted by Gasteiger charge is -1.98. The van der Waals surface area contributed by atoms with Gasteiger partial charge in [0.2, 0.25) is 0 Å². The van der Waals surface area contributed by atoms with Gasteiger partial charge in [0.15, 0.2) is 10.8 Å². The predicted molar refractivity (Wildman–Crippen MR) is 64.9 cm³/mol. The van der Waals surface area contributed by atoms with Crippen LogP contribution in [0.3, 0.4) is 0 Å². The zero-order valence-electron chi connectivity index (χ0n) is 8.38. The lowest BCUT2D eigenvalue weighted by atomic mass is 10.5. The lowest BCUT2D eigenvalue weighted by Crippen LogP contribution is -2.09. The Bertz CT molecular complexity index is 417. The van der Waals surface area contributed by atoms with Gasteiger partial charge in [-0.25, -0.2) is 0 Å². The van der Waals surface area contributed by atoms with Gasteiger partial charge in [-0.3, -0.25) is 4.40 Å². The Balaban J connectivity index is 0.00000112. The molecule has 0 aliphatic carbocycles. The molecule has 2 heterocycles. The van der Waals surface area contributed by atoms with Crippen molar-refractivity contribution >= 4 is 29.8 Å². The Morgan fingerprint density at radius 2 is 2.27 bits per heavy atom. The number of nitrogens with one attached hydrogen (secondary N) is 1. The van der Waals surface area contributed by atoms with E-state index in [1.807, 2.05) is 35.8 Å². The molecule has 0 amide bonds. The second-order valence-electron chi connectivity index (χ2n) is 2.86. The summed E-state index contributed by atoms with van der Waals surface area (Å²) in [7, 11) is 1.95. The molecular weight excluding hydrogens is 232 g/mol. The molecule has 15 heavy (non-hydrogen) atoms. The van der Waals surface area contributed by atoms with E-state index in [9.17, 15) is 0 Å². The average molecular weight is 245 g/mol. The molecule has 1 N–H and O–H groups in total. The van der Waals surface area contributed by atoms with Crippen molar-refractivity contribution < 1.29 is 0 Å². The molecule has 0 fully saturated rings. The summed E-state index contributed by atoms with van der Waals surface area (Å²) in [6.45, 7) is 0.979. The molecule has 4 nitrogen and oxygen atoms in total. The van der Waals surface area contributed by atoms with Crippen LogP contribution >= 0.6 is 24.2 Å². The molecule has 6 heteroatoms. The van der Waals surface area contributed by atoms with Crippen molar-refractivity contribution in [2.75, 3.05) is 19.3 Å². The molecule has 0 bridgehead atoms. The minimum Gasteiger partial charge on any atom is -0.319 e. The summed E-state index contributed by atoms with van der Waals surface area (Å²) in [5.74, 6) is 1.01. The van der Waals surface area contributed by atoms with Crippen LogP contribution in [0.25, 0.3) is 5.65 Å². The standard InChI is InChI=1S/C9H12N4S.ClH/c1-10-5-7-14-9-12-11-8-4-2-3-6-13(8)9;/h2-4,6,10H,5,7H2,1H3;1H. The number of hydrogen-bond donors (Lipinski definition) is 1. The highest BCUT2D eigenvalue weighted by atomic mass is 35.5. The fourth-order valence-corrected chi connectivity index (χ4v) is 2.04. The molecule has 2 rings (SSSR count). The van der Waals surface area contributed by atoms with Gasteiger partial charge >= 0.3 is 0 Å². The van der Waals surface area contributed by atoms with Crippen molar-refractivity contribution in [3.8, 4) is 0 Å². The maximum Gasteiger partial charge on any atom is 0.195 e. The number of fused-ring (bicyclic) bond motifs is 1. The van der Waals surface area contributed by atoms with Crippen molar-refractivity contribution in [2.45, 2.75) is 5.16 Å². The van der Waals surface area contributed by atoms with Crippen LogP contribution in [0.15, 0.2) is 29.6 Å². The highest BCUT2D eigenvalue weighted by molar-refractivity contribution is 7.99. The number of nitrogens with zero attached hydrogens (tertiary/aromatic N) is 3. The van der Waals surface area contributed by atoms with Crippen LogP contribution in [0.4, 0.5) is 0 Å². The maximum absolute atomic E-state index is 4.12. The molecule has 2 aromatic rings. The van der Waals surface area contributed by atoms with Gasteiger partial charge in [0.25, 0.3) is 0 Å². The molecule has 0 aromatic carbocycles. The Morgan fingerprint density at radius 1 is 1.40 bits per heavy atom. The second kappa shape index (κ2) is 5.95. The van der Waals surface area contributed by atoms with Crippen molar-refractivity contribution in [2.24, 2.45) is 0 Å². The van der Waals surface area contributed by atoms with Gasteiger partial charge in [-0.1, -0.05) is 17.8 Å². The van der Waals surface area contributed by atoms with Crippen LogP contribution < -0.4 is 5.32 Å². The fraction of sp³-hybridized carbons (Fsp3) is 0.333. The second-order valence-corrected chi connectivity index (χ2v) is 3.93. The Kier molecular flexibility index (Phi) is 4.87. The van der Waals surface area contributed by atoms with E-state index in [-0.39, 0.29) is 12.4 Å². The van der Waals surface area contributed by atoms with Gasteiger partial charge in [0.1, 0.15) is 0 Å². The van der Waals surface area contributed by atoms with Crippen LogP contribution in [-0.4, -0.2) is 33.9 Å². The average Bonchev–Trinajstić information content (AvgIpc) is 2.63. The molecular formula is C9H13ClN4S. The van der Waals surface area contributed by atoms with Crippen LogP contribution in [0.5, 0.6) is 0 Å². The minimum absolute atomic E-state index is 0. The summed E-state index contributed by atoms with van der Waals surface area (Å²) in [6, 6.07) is 5.90. The first-order chi connectivity index (χ1) is 6.92. The monoisotopic (exact) mass is 244 g/mol. The number of rotatable bonds is 4. The van der Waals surface area contributed by atoms with Crippen LogP contribution in [-0.2, 0) is 0 Å². The summed E-state index contributed by atoms with van der Waals surface area (Å²) in [4.78, 5) is 0. The molecule has 0 radical (unpaired) electrons. The van der Waals surface area contributed by atoms with Gasteiger partial charge in [-0.2, -0.15) is 0 Å². The van der Waals surface area contributed by atoms with E-state index in [1.54, 1.807) is 11.8 Å². The Hall–Kier alpha value is -0.780. The molecule has 0 unspecified atom stereocenters. The summed E-state index contributed by atoms with van der Waals surface area (Å²) in [5, 5.41) is 12.2. The number of halogens is 1. The van der Waals surface area contributed by atoms with E-state index < -0.39 is 0 Å². The first kappa shape index (κ1) is 12.3. The summed E-state index contributed by atoms with van der Waals surface area (Å²) in [5.41, 5.74) is 0.902. The SMILES string of the molecule is CNCCSc1nnc2ccccn12.Cl. The van der Waals surface area contributed by atoms with E-state index in [2.05, 4.69) is 15.5 Å². The molecule has 0 saturated carbocycles. The zero-order chi connectivity index (χ0) is 9.80. The third-order valence-electron chi connectivity index (χ3n) is 1.87. The first-order valence-corrected chi connectivity index (χ1v) is 5.47. The van der Waals surface area contributed by atoms with E-state index in [4.69, 9.17) is 0 Å². The molecule has 2 aromatic heterocycles. The van der Waals surface area contributed by atoms with Crippen LogP contribution in [0.1, 0.15) is 0 Å². The van der Waals surface area contributed by atoms with Gasteiger partial charge in [-0.05, 0) is 19.2 Å². The highest BCUT2D eigenvalue weighted by Crippen LogP contribution is 2.15. The van der Waals surface area contributed by atoms with Crippen molar-refractivity contribution in [3.05, 3.63) is 24.4 Å². The third kappa shape index (κ3) is 2.84. The molecule has 0 aliphatic heterocycles. The van der Waals surface area contributed by atoms with E-state index in [0.29, 0.717) is 0 Å². The van der Waals surface area contributed by atoms with Gasteiger partial charge in [0.05, 0.1) is 0 Å². The molecule has 0 spiro atoms. The van der Waals surface area contributed by atoms with Gasteiger partial charge in [0, 0.05) is 18.5 Å². The van der Waals surface area contributed by atoms with Crippen LogP contribution in [0.2, 0.25) is 0 Å². The lowest BCUT2D eigenvalue weighted by molar-refractivity contribution is 0.863. The van der Waals surface area contributed by atoms with Crippen LogP contribution in [0, 0.1) is 0 Å². The topological polar surface area (TPSA) is 42.2 Å². The summed E-state index contributed by atoms with van der Waals surface area (Å²) in [6.07, 6.45) is 1.98. The Labute approximate surface area is 98.9 Å². The van der Waals surface area contributed by atoms with Crippen molar-refractivity contribution in [1.82, 2.24) is 19.9 Å². The zero-order valence-corrected chi connectivity index (χ0v) is 10.0. The summed E-state index contributed by atoms with van der Waals surface area (Å²) >= 11 is 1.71. The smallest absolute Gasteiger partial charge is 0.195 e. The maximum atomic E-state index is 4.12. The van der Waals surface area contributed by atoms with E-state index >= 15 is 0 Å². The van der Waals surface area contributed by atoms with E-state index in [0.717, 1.165) is 23.1 Å². The quantitative estimate of drug-likeness (QED) is 0.653. The first-order valence-electron chi connectivity index (χ1n) is 4.49. The molecule has 0 aliphatic rings. The van der Waals surface area contributed by atoms with E-state index in [1.165, 1.54) is 0 Å². The van der Waals surface area contributed by atoms with Gasteiger partial charge in [-0.15, -0.1) is 22.6 Å². The molecule has 82 valence electrons. The number of pyridine rings is 1. The number of hydrogen-bond acceptors (Lipinski definition) is 4. The largest absolute Gasteiger partial charge is 0.319 e.